The van der Waals surface area contributed by atoms with E-state index in [1.807, 2.05) is 4.90 Å². The second-order valence-electron chi connectivity index (χ2n) is 5.45. The third kappa shape index (κ3) is 2.59. The van der Waals surface area contributed by atoms with E-state index in [0.717, 1.165) is 32.2 Å². The molecule has 0 aromatic heterocycles. The number of carbonyl (C=O) groups is 2. The largest absolute Gasteiger partial charge is 0.392 e. The normalized spacial score (nSPS) is 22.4. The van der Waals surface area contributed by atoms with Crippen molar-refractivity contribution in [2.24, 2.45) is 11.1 Å². The highest BCUT2D eigenvalue weighted by molar-refractivity contribution is 7.80. The molecule has 106 valence electrons. The first-order valence-electron chi connectivity index (χ1n) is 6.82. The van der Waals surface area contributed by atoms with Crippen molar-refractivity contribution in [1.29, 1.82) is 0 Å². The molecule has 1 aliphatic heterocycles. The van der Waals surface area contributed by atoms with Gasteiger partial charge in [-0.25, -0.2) is 0 Å². The van der Waals surface area contributed by atoms with Crippen LogP contribution in [-0.2, 0) is 9.59 Å². The van der Waals surface area contributed by atoms with Crippen LogP contribution in [0.15, 0.2) is 0 Å². The summed E-state index contributed by atoms with van der Waals surface area (Å²) in [4.78, 5) is 28.0. The third-order valence-corrected chi connectivity index (χ3v) is 4.71. The SMILES string of the molecule is CC(=O)N1CCCN(C(=O)C2(C(N)=S)CCC2)CC1. The molecule has 2 aliphatic rings. The smallest absolute Gasteiger partial charge is 0.235 e. The van der Waals surface area contributed by atoms with Crippen LogP contribution in [0.3, 0.4) is 0 Å². The molecule has 1 saturated carbocycles. The van der Waals surface area contributed by atoms with Gasteiger partial charge in [0.25, 0.3) is 0 Å². The Morgan fingerprint density at radius 1 is 1.05 bits per heavy atom. The van der Waals surface area contributed by atoms with E-state index < -0.39 is 5.41 Å². The van der Waals surface area contributed by atoms with Crippen molar-refractivity contribution < 1.29 is 9.59 Å². The van der Waals surface area contributed by atoms with E-state index in [9.17, 15) is 9.59 Å². The van der Waals surface area contributed by atoms with Gasteiger partial charge in [-0.1, -0.05) is 18.6 Å². The van der Waals surface area contributed by atoms with Gasteiger partial charge in [0, 0.05) is 33.1 Å². The number of rotatable bonds is 2. The fourth-order valence-electron chi connectivity index (χ4n) is 2.83. The van der Waals surface area contributed by atoms with Crippen molar-refractivity contribution in [3.05, 3.63) is 0 Å². The van der Waals surface area contributed by atoms with Crippen LogP contribution in [0, 0.1) is 5.41 Å². The predicted octanol–water partition coefficient (Wildman–Crippen LogP) is 0.524. The highest BCUT2D eigenvalue weighted by Crippen LogP contribution is 2.43. The molecule has 2 fully saturated rings. The number of carbonyl (C=O) groups excluding carboxylic acids is 2. The van der Waals surface area contributed by atoms with Gasteiger partial charge in [-0.3, -0.25) is 9.59 Å². The standard InChI is InChI=1S/C13H21N3O2S/c1-10(17)15-6-3-7-16(9-8-15)12(18)13(11(14)19)4-2-5-13/h2-9H2,1H3,(H2,14,19). The molecule has 5 nitrogen and oxygen atoms in total. The number of amides is 2. The van der Waals surface area contributed by atoms with Gasteiger partial charge < -0.3 is 15.5 Å². The van der Waals surface area contributed by atoms with Gasteiger partial charge >= 0.3 is 0 Å². The Bertz CT molecular complexity index is 407. The van der Waals surface area contributed by atoms with E-state index in [4.69, 9.17) is 18.0 Å². The average Bonchev–Trinajstić information content (AvgIpc) is 2.51. The molecule has 6 heteroatoms. The first-order valence-corrected chi connectivity index (χ1v) is 7.23. The first kappa shape index (κ1) is 14.2. The fraction of sp³-hybridized carbons (Fsp3) is 0.769. The maximum absolute atomic E-state index is 12.6. The Morgan fingerprint density at radius 2 is 1.63 bits per heavy atom. The van der Waals surface area contributed by atoms with E-state index in [1.165, 1.54) is 0 Å². The molecular formula is C13H21N3O2S. The maximum Gasteiger partial charge on any atom is 0.235 e. The molecule has 0 aromatic rings. The summed E-state index contributed by atoms with van der Waals surface area (Å²) in [6.07, 6.45) is 3.37. The highest BCUT2D eigenvalue weighted by Gasteiger charge is 2.48. The lowest BCUT2D eigenvalue weighted by Gasteiger charge is -2.42. The van der Waals surface area contributed by atoms with Crippen LogP contribution >= 0.6 is 12.2 Å². The molecule has 0 unspecified atom stereocenters. The lowest BCUT2D eigenvalue weighted by atomic mass is 9.67. The fourth-order valence-corrected chi connectivity index (χ4v) is 3.13. The quantitative estimate of drug-likeness (QED) is 0.751. The Balaban J connectivity index is 2.04. The molecule has 2 N–H and O–H groups in total. The summed E-state index contributed by atoms with van der Waals surface area (Å²) in [5, 5.41) is 0. The Morgan fingerprint density at radius 3 is 2.11 bits per heavy atom. The molecule has 2 amide bonds. The van der Waals surface area contributed by atoms with E-state index in [2.05, 4.69) is 0 Å². The van der Waals surface area contributed by atoms with Crippen molar-refractivity contribution in [3.63, 3.8) is 0 Å². The zero-order chi connectivity index (χ0) is 14.0. The predicted molar refractivity (Wildman–Crippen MR) is 76.5 cm³/mol. The molecular weight excluding hydrogens is 262 g/mol. The summed E-state index contributed by atoms with van der Waals surface area (Å²) in [5.41, 5.74) is 5.18. The van der Waals surface area contributed by atoms with Gasteiger partial charge in [0.2, 0.25) is 11.8 Å². The summed E-state index contributed by atoms with van der Waals surface area (Å²) in [6, 6.07) is 0. The van der Waals surface area contributed by atoms with Crippen LogP contribution in [-0.4, -0.2) is 52.8 Å². The van der Waals surface area contributed by atoms with Crippen LogP contribution in [0.1, 0.15) is 32.6 Å². The number of hydrogen-bond donors (Lipinski definition) is 1. The summed E-state index contributed by atoms with van der Waals surface area (Å²) in [6.45, 7) is 4.17. The number of nitrogens with two attached hydrogens (primary N) is 1. The van der Waals surface area contributed by atoms with E-state index in [-0.39, 0.29) is 11.8 Å². The Labute approximate surface area is 119 Å². The Hall–Kier alpha value is -1.17. The van der Waals surface area contributed by atoms with E-state index >= 15 is 0 Å². The summed E-state index contributed by atoms with van der Waals surface area (Å²) >= 11 is 5.09. The minimum Gasteiger partial charge on any atom is -0.392 e. The molecule has 0 atom stereocenters. The molecule has 1 saturated heterocycles. The van der Waals surface area contributed by atoms with Gasteiger partial charge in [-0.2, -0.15) is 0 Å². The number of nitrogens with zero attached hydrogens (tertiary/aromatic N) is 2. The summed E-state index contributed by atoms with van der Waals surface area (Å²) in [7, 11) is 0. The second-order valence-corrected chi connectivity index (χ2v) is 5.89. The minimum atomic E-state index is -0.597. The number of thiocarbonyl (C=S) groups is 1. The monoisotopic (exact) mass is 283 g/mol. The van der Waals surface area contributed by atoms with Crippen LogP contribution in [0.2, 0.25) is 0 Å². The van der Waals surface area contributed by atoms with Crippen molar-refractivity contribution in [2.75, 3.05) is 26.2 Å². The van der Waals surface area contributed by atoms with Crippen LogP contribution in [0.25, 0.3) is 0 Å². The average molecular weight is 283 g/mol. The first-order chi connectivity index (χ1) is 8.97. The zero-order valence-electron chi connectivity index (χ0n) is 11.4. The number of hydrogen-bond acceptors (Lipinski definition) is 3. The van der Waals surface area contributed by atoms with E-state index in [1.54, 1.807) is 11.8 Å². The molecule has 19 heavy (non-hydrogen) atoms. The van der Waals surface area contributed by atoms with Crippen LogP contribution in [0.5, 0.6) is 0 Å². The highest BCUT2D eigenvalue weighted by atomic mass is 32.1. The lowest BCUT2D eigenvalue weighted by Crippen LogP contribution is -2.55. The molecule has 0 radical (unpaired) electrons. The molecule has 1 heterocycles. The van der Waals surface area contributed by atoms with Gasteiger partial charge in [-0.05, 0) is 19.3 Å². The third-order valence-electron chi connectivity index (χ3n) is 4.32. The molecule has 2 rings (SSSR count). The van der Waals surface area contributed by atoms with E-state index in [0.29, 0.717) is 24.6 Å². The minimum absolute atomic E-state index is 0.0663. The Kier molecular flexibility index (Phi) is 4.08. The molecule has 0 aromatic carbocycles. The maximum atomic E-state index is 12.6. The topological polar surface area (TPSA) is 66.6 Å². The van der Waals surface area contributed by atoms with Gasteiger partial charge in [0.15, 0.2) is 0 Å². The van der Waals surface area contributed by atoms with Gasteiger partial charge in [0.05, 0.1) is 10.4 Å². The van der Waals surface area contributed by atoms with Gasteiger partial charge in [-0.15, -0.1) is 0 Å². The van der Waals surface area contributed by atoms with Gasteiger partial charge in [0.1, 0.15) is 0 Å². The van der Waals surface area contributed by atoms with Crippen LogP contribution in [0.4, 0.5) is 0 Å². The van der Waals surface area contributed by atoms with Crippen molar-refractivity contribution in [2.45, 2.75) is 32.6 Å². The second kappa shape index (κ2) is 5.45. The summed E-state index contributed by atoms with van der Waals surface area (Å²) in [5.74, 6) is 0.138. The van der Waals surface area contributed by atoms with Crippen molar-refractivity contribution >= 4 is 29.0 Å². The van der Waals surface area contributed by atoms with Crippen molar-refractivity contribution in [3.8, 4) is 0 Å². The zero-order valence-corrected chi connectivity index (χ0v) is 12.2. The molecule has 0 spiro atoms. The van der Waals surface area contributed by atoms with Crippen LogP contribution < -0.4 is 5.73 Å². The molecule has 1 aliphatic carbocycles. The molecule has 0 bridgehead atoms. The lowest BCUT2D eigenvalue weighted by molar-refractivity contribution is -0.142. The van der Waals surface area contributed by atoms with Crippen molar-refractivity contribution in [1.82, 2.24) is 9.80 Å². The summed E-state index contributed by atoms with van der Waals surface area (Å²) < 4.78 is 0.